The van der Waals surface area contributed by atoms with Crippen LogP contribution in [0.25, 0.3) is 0 Å². The third-order valence-electron chi connectivity index (χ3n) is 3.40. The van der Waals surface area contributed by atoms with Crippen molar-refractivity contribution >= 4 is 0 Å². The molecule has 0 aliphatic heterocycles. The Morgan fingerprint density at radius 2 is 1.94 bits per heavy atom. The summed E-state index contributed by atoms with van der Waals surface area (Å²) in [4.78, 5) is 2.43. The first-order valence-electron chi connectivity index (χ1n) is 6.68. The zero-order chi connectivity index (χ0) is 13.4. The normalized spacial score (nSPS) is 12.9. The standard InChI is InChI=1S/C15H25NO2/c1-4-16(11-12-18-3)13(2)5-6-14-7-9-15(17)10-8-14/h7-10,13,17H,4-6,11-12H2,1-3H3. The number of ether oxygens (including phenoxy) is 1. The van der Waals surface area contributed by atoms with Crippen molar-refractivity contribution in [3.05, 3.63) is 29.8 Å². The van der Waals surface area contributed by atoms with Crippen LogP contribution in [0.1, 0.15) is 25.8 Å². The molecule has 1 unspecified atom stereocenters. The first-order valence-corrected chi connectivity index (χ1v) is 6.68. The summed E-state index contributed by atoms with van der Waals surface area (Å²) in [5.74, 6) is 0.335. The molecule has 102 valence electrons. The van der Waals surface area contributed by atoms with Crippen molar-refractivity contribution in [1.82, 2.24) is 4.90 Å². The van der Waals surface area contributed by atoms with E-state index in [2.05, 4.69) is 18.7 Å². The Morgan fingerprint density at radius 3 is 2.50 bits per heavy atom. The molecule has 0 saturated heterocycles. The van der Waals surface area contributed by atoms with E-state index in [4.69, 9.17) is 4.74 Å². The molecular weight excluding hydrogens is 226 g/mol. The van der Waals surface area contributed by atoms with Gasteiger partial charge in [-0.15, -0.1) is 0 Å². The van der Waals surface area contributed by atoms with E-state index in [1.165, 1.54) is 5.56 Å². The van der Waals surface area contributed by atoms with E-state index < -0.39 is 0 Å². The smallest absolute Gasteiger partial charge is 0.115 e. The topological polar surface area (TPSA) is 32.7 Å². The van der Waals surface area contributed by atoms with E-state index in [0.29, 0.717) is 11.8 Å². The summed E-state index contributed by atoms with van der Waals surface area (Å²) in [6.07, 6.45) is 2.17. The van der Waals surface area contributed by atoms with E-state index in [1.54, 1.807) is 19.2 Å². The molecule has 1 rings (SSSR count). The van der Waals surface area contributed by atoms with Gasteiger partial charge in [0.15, 0.2) is 0 Å². The number of nitrogens with zero attached hydrogens (tertiary/aromatic N) is 1. The number of rotatable bonds is 8. The van der Waals surface area contributed by atoms with E-state index >= 15 is 0 Å². The van der Waals surface area contributed by atoms with Crippen LogP contribution in [-0.4, -0.2) is 42.9 Å². The van der Waals surface area contributed by atoms with E-state index in [1.807, 2.05) is 12.1 Å². The van der Waals surface area contributed by atoms with Crippen molar-refractivity contribution in [1.29, 1.82) is 0 Å². The highest BCUT2D eigenvalue weighted by molar-refractivity contribution is 5.25. The van der Waals surface area contributed by atoms with Crippen LogP contribution in [0.2, 0.25) is 0 Å². The van der Waals surface area contributed by atoms with Crippen molar-refractivity contribution in [2.24, 2.45) is 0 Å². The molecule has 0 bridgehead atoms. The number of aryl methyl sites for hydroxylation is 1. The van der Waals surface area contributed by atoms with Crippen molar-refractivity contribution < 1.29 is 9.84 Å². The van der Waals surface area contributed by atoms with Crippen LogP contribution in [0.4, 0.5) is 0 Å². The maximum absolute atomic E-state index is 9.24. The highest BCUT2D eigenvalue weighted by Gasteiger charge is 2.11. The second-order valence-corrected chi connectivity index (χ2v) is 4.68. The summed E-state index contributed by atoms with van der Waals surface area (Å²) < 4.78 is 5.13. The highest BCUT2D eigenvalue weighted by atomic mass is 16.5. The largest absolute Gasteiger partial charge is 0.508 e. The first-order chi connectivity index (χ1) is 8.67. The maximum Gasteiger partial charge on any atom is 0.115 e. The number of hydrogen-bond donors (Lipinski definition) is 1. The lowest BCUT2D eigenvalue weighted by Crippen LogP contribution is -2.35. The van der Waals surface area contributed by atoms with Gasteiger partial charge in [-0.2, -0.15) is 0 Å². The molecule has 0 saturated carbocycles. The molecule has 18 heavy (non-hydrogen) atoms. The van der Waals surface area contributed by atoms with E-state index in [9.17, 15) is 5.11 Å². The molecule has 3 nitrogen and oxygen atoms in total. The highest BCUT2D eigenvalue weighted by Crippen LogP contribution is 2.13. The number of methoxy groups -OCH3 is 1. The number of phenols is 1. The van der Waals surface area contributed by atoms with Crippen molar-refractivity contribution in [3.63, 3.8) is 0 Å². The summed E-state index contributed by atoms with van der Waals surface area (Å²) >= 11 is 0. The Bertz CT molecular complexity index is 324. The van der Waals surface area contributed by atoms with E-state index in [0.717, 1.165) is 32.5 Å². The molecule has 3 heteroatoms. The summed E-state index contributed by atoms with van der Waals surface area (Å²) in [7, 11) is 1.74. The number of benzene rings is 1. The molecule has 1 aromatic rings. The van der Waals surface area contributed by atoms with Crippen LogP contribution in [-0.2, 0) is 11.2 Å². The molecule has 1 N–H and O–H groups in total. The zero-order valence-corrected chi connectivity index (χ0v) is 11.7. The van der Waals surface area contributed by atoms with Gasteiger partial charge in [0.1, 0.15) is 5.75 Å². The van der Waals surface area contributed by atoms with Gasteiger partial charge in [0.25, 0.3) is 0 Å². The fourth-order valence-corrected chi connectivity index (χ4v) is 2.12. The second-order valence-electron chi connectivity index (χ2n) is 4.68. The second kappa shape index (κ2) is 8.11. The van der Waals surface area contributed by atoms with Gasteiger partial charge in [0.05, 0.1) is 6.61 Å². The lowest BCUT2D eigenvalue weighted by atomic mass is 10.1. The molecular formula is C15H25NO2. The summed E-state index contributed by atoms with van der Waals surface area (Å²) in [5.41, 5.74) is 1.28. The van der Waals surface area contributed by atoms with Crippen molar-refractivity contribution in [3.8, 4) is 5.75 Å². The first kappa shape index (κ1) is 15.0. The minimum Gasteiger partial charge on any atom is -0.508 e. The molecule has 0 aliphatic carbocycles. The fourth-order valence-electron chi connectivity index (χ4n) is 2.12. The number of likely N-dealkylation sites (N-methyl/N-ethyl adjacent to an activating group) is 1. The third-order valence-corrected chi connectivity index (χ3v) is 3.40. The Morgan fingerprint density at radius 1 is 1.28 bits per heavy atom. The number of hydrogen-bond acceptors (Lipinski definition) is 3. The molecule has 0 radical (unpaired) electrons. The quantitative estimate of drug-likeness (QED) is 0.771. The average molecular weight is 251 g/mol. The van der Waals surface area contributed by atoms with E-state index in [-0.39, 0.29) is 0 Å². The Labute approximate surface area is 110 Å². The average Bonchev–Trinajstić information content (AvgIpc) is 2.39. The van der Waals surface area contributed by atoms with Crippen molar-refractivity contribution in [2.45, 2.75) is 32.7 Å². The zero-order valence-electron chi connectivity index (χ0n) is 11.7. The Hall–Kier alpha value is -1.06. The van der Waals surface area contributed by atoms with Gasteiger partial charge in [-0.1, -0.05) is 19.1 Å². The minimum atomic E-state index is 0.335. The monoisotopic (exact) mass is 251 g/mol. The number of aromatic hydroxyl groups is 1. The lowest BCUT2D eigenvalue weighted by molar-refractivity contribution is 0.126. The van der Waals surface area contributed by atoms with Crippen LogP contribution >= 0.6 is 0 Å². The molecule has 0 amide bonds. The molecule has 0 fully saturated rings. The Kier molecular flexibility index (Phi) is 6.76. The predicted octanol–water partition coefficient (Wildman–Crippen LogP) is 2.68. The van der Waals surface area contributed by atoms with Crippen molar-refractivity contribution in [2.75, 3.05) is 26.8 Å². The predicted molar refractivity (Wildman–Crippen MR) is 75.0 cm³/mol. The van der Waals surface area contributed by atoms with Gasteiger partial charge in [0.2, 0.25) is 0 Å². The fraction of sp³-hybridized carbons (Fsp3) is 0.600. The van der Waals surface area contributed by atoms with Crippen LogP contribution in [0, 0.1) is 0 Å². The minimum absolute atomic E-state index is 0.335. The van der Waals surface area contributed by atoms with Gasteiger partial charge >= 0.3 is 0 Å². The molecule has 0 aliphatic rings. The van der Waals surface area contributed by atoms with Gasteiger partial charge in [0, 0.05) is 19.7 Å². The van der Waals surface area contributed by atoms with Gasteiger partial charge < -0.3 is 9.84 Å². The van der Waals surface area contributed by atoms with Gasteiger partial charge in [-0.25, -0.2) is 0 Å². The van der Waals surface area contributed by atoms with Crippen LogP contribution in [0.5, 0.6) is 5.75 Å². The lowest BCUT2D eigenvalue weighted by Gasteiger charge is -2.27. The molecule has 1 aromatic carbocycles. The SMILES string of the molecule is CCN(CCOC)C(C)CCc1ccc(O)cc1. The van der Waals surface area contributed by atoms with Gasteiger partial charge in [-0.05, 0) is 44.0 Å². The van der Waals surface area contributed by atoms with Crippen LogP contribution in [0.15, 0.2) is 24.3 Å². The Balaban J connectivity index is 2.38. The molecule has 1 atom stereocenters. The summed E-state index contributed by atoms with van der Waals surface area (Å²) in [5, 5.41) is 9.24. The molecule has 0 spiro atoms. The molecule has 0 aromatic heterocycles. The summed E-state index contributed by atoms with van der Waals surface area (Å²) in [6.45, 7) is 7.29. The van der Waals surface area contributed by atoms with Crippen LogP contribution in [0.3, 0.4) is 0 Å². The number of phenolic OH excluding ortho intramolecular Hbond substituents is 1. The third kappa shape index (κ3) is 5.07. The van der Waals surface area contributed by atoms with Gasteiger partial charge in [-0.3, -0.25) is 4.90 Å². The maximum atomic E-state index is 9.24. The van der Waals surface area contributed by atoms with Crippen LogP contribution < -0.4 is 0 Å². The summed E-state index contributed by atoms with van der Waals surface area (Å²) in [6, 6.07) is 8.05. The molecule has 0 heterocycles.